The molecular formula is C18H16N2O2S. The number of anilines is 1. The van der Waals surface area contributed by atoms with Gasteiger partial charge in [0.2, 0.25) is 0 Å². The average molecular weight is 324 g/mol. The van der Waals surface area contributed by atoms with Crippen LogP contribution in [0.4, 0.5) is 5.00 Å². The van der Waals surface area contributed by atoms with Crippen molar-refractivity contribution in [1.82, 2.24) is 0 Å². The van der Waals surface area contributed by atoms with E-state index < -0.39 is 5.91 Å². The first-order valence-electron chi connectivity index (χ1n) is 7.31. The number of thiophene rings is 1. The number of carbonyl (C=O) groups excluding carboxylic acids is 2. The van der Waals surface area contributed by atoms with Crippen molar-refractivity contribution in [2.24, 2.45) is 5.73 Å². The van der Waals surface area contributed by atoms with E-state index in [0.29, 0.717) is 16.1 Å². The summed E-state index contributed by atoms with van der Waals surface area (Å²) in [6.45, 7) is 1.99. The Balaban J connectivity index is 1.91. The maximum Gasteiger partial charge on any atom is 0.256 e. The zero-order valence-electron chi connectivity index (χ0n) is 12.6. The number of rotatable bonds is 4. The number of primary amides is 1. The van der Waals surface area contributed by atoms with Crippen LogP contribution in [0.2, 0.25) is 0 Å². The van der Waals surface area contributed by atoms with Crippen LogP contribution in [0.25, 0.3) is 10.8 Å². The lowest BCUT2D eigenvalue weighted by molar-refractivity contribution is 0.100. The van der Waals surface area contributed by atoms with Crippen LogP contribution < -0.4 is 11.1 Å². The Hall–Kier alpha value is -2.66. The number of hydrogen-bond acceptors (Lipinski definition) is 3. The van der Waals surface area contributed by atoms with E-state index in [1.807, 2.05) is 43.3 Å². The fourth-order valence-corrected chi connectivity index (χ4v) is 3.39. The Morgan fingerprint density at radius 2 is 1.83 bits per heavy atom. The van der Waals surface area contributed by atoms with Gasteiger partial charge < -0.3 is 11.1 Å². The SMILES string of the molecule is CCc1cc(C(N)=O)c(NC(=O)c2ccc3ccccc3c2)s1. The summed E-state index contributed by atoms with van der Waals surface area (Å²) in [7, 11) is 0. The maximum absolute atomic E-state index is 12.5. The number of aryl methyl sites for hydroxylation is 1. The molecule has 0 bridgehead atoms. The molecule has 0 aliphatic heterocycles. The van der Waals surface area contributed by atoms with Gasteiger partial charge in [-0.2, -0.15) is 0 Å². The quantitative estimate of drug-likeness (QED) is 0.766. The van der Waals surface area contributed by atoms with E-state index in [9.17, 15) is 9.59 Å². The van der Waals surface area contributed by atoms with E-state index in [0.717, 1.165) is 22.1 Å². The van der Waals surface area contributed by atoms with Crippen molar-refractivity contribution in [3.8, 4) is 0 Å². The van der Waals surface area contributed by atoms with Gasteiger partial charge in [-0.3, -0.25) is 9.59 Å². The molecule has 2 amide bonds. The van der Waals surface area contributed by atoms with E-state index in [1.54, 1.807) is 12.1 Å². The molecule has 3 N–H and O–H groups in total. The first-order chi connectivity index (χ1) is 11.1. The predicted octanol–water partition coefficient (Wildman–Crippen LogP) is 3.81. The zero-order chi connectivity index (χ0) is 16.4. The fourth-order valence-electron chi connectivity index (χ4n) is 2.40. The van der Waals surface area contributed by atoms with Crippen molar-refractivity contribution < 1.29 is 9.59 Å². The van der Waals surface area contributed by atoms with E-state index in [2.05, 4.69) is 5.32 Å². The van der Waals surface area contributed by atoms with Gasteiger partial charge in [-0.25, -0.2) is 0 Å². The molecule has 2 aromatic carbocycles. The van der Waals surface area contributed by atoms with Gasteiger partial charge in [0.1, 0.15) is 5.00 Å². The third kappa shape index (κ3) is 3.10. The summed E-state index contributed by atoms with van der Waals surface area (Å²) >= 11 is 1.38. The van der Waals surface area contributed by atoms with Crippen LogP contribution in [-0.2, 0) is 6.42 Å². The number of carbonyl (C=O) groups is 2. The van der Waals surface area contributed by atoms with Gasteiger partial charge in [-0.15, -0.1) is 11.3 Å². The number of nitrogens with two attached hydrogens (primary N) is 1. The summed E-state index contributed by atoms with van der Waals surface area (Å²) in [6.07, 6.45) is 0.788. The molecule has 0 atom stereocenters. The highest BCUT2D eigenvalue weighted by Crippen LogP contribution is 2.29. The smallest absolute Gasteiger partial charge is 0.256 e. The third-order valence-electron chi connectivity index (χ3n) is 3.64. The molecule has 3 rings (SSSR count). The van der Waals surface area contributed by atoms with Crippen LogP contribution in [-0.4, -0.2) is 11.8 Å². The van der Waals surface area contributed by atoms with Crippen molar-refractivity contribution in [3.05, 3.63) is 64.5 Å². The highest BCUT2D eigenvalue weighted by atomic mass is 32.1. The number of nitrogens with one attached hydrogen (secondary N) is 1. The summed E-state index contributed by atoms with van der Waals surface area (Å²) in [4.78, 5) is 25.0. The maximum atomic E-state index is 12.5. The van der Waals surface area contributed by atoms with Gasteiger partial charge in [0.25, 0.3) is 11.8 Å². The van der Waals surface area contributed by atoms with E-state index in [1.165, 1.54) is 11.3 Å². The van der Waals surface area contributed by atoms with Crippen molar-refractivity contribution >= 4 is 38.9 Å². The second kappa shape index (κ2) is 6.22. The normalized spacial score (nSPS) is 10.7. The fraction of sp³-hybridized carbons (Fsp3) is 0.111. The standard InChI is InChI=1S/C18H16N2O2S/c1-2-14-10-15(16(19)21)18(23-14)20-17(22)13-8-7-11-5-3-4-6-12(11)9-13/h3-10H,2H2,1H3,(H2,19,21)(H,20,22). The molecule has 0 fully saturated rings. The Bertz CT molecular complexity index is 899. The monoisotopic (exact) mass is 324 g/mol. The largest absolute Gasteiger partial charge is 0.366 e. The van der Waals surface area contributed by atoms with Gasteiger partial charge in [0, 0.05) is 10.4 Å². The van der Waals surface area contributed by atoms with Crippen LogP contribution in [0.3, 0.4) is 0 Å². The van der Waals surface area contributed by atoms with Crippen LogP contribution in [0, 0.1) is 0 Å². The Morgan fingerprint density at radius 3 is 2.52 bits per heavy atom. The number of amides is 2. The predicted molar refractivity (Wildman–Crippen MR) is 94.1 cm³/mol. The average Bonchev–Trinajstić information content (AvgIpc) is 2.97. The number of hydrogen-bond donors (Lipinski definition) is 2. The molecule has 4 nitrogen and oxygen atoms in total. The lowest BCUT2D eigenvalue weighted by Gasteiger charge is -2.06. The van der Waals surface area contributed by atoms with Crippen LogP contribution in [0.1, 0.15) is 32.5 Å². The van der Waals surface area contributed by atoms with Gasteiger partial charge in [-0.1, -0.05) is 37.3 Å². The highest BCUT2D eigenvalue weighted by Gasteiger charge is 2.16. The van der Waals surface area contributed by atoms with Crippen molar-refractivity contribution in [3.63, 3.8) is 0 Å². The van der Waals surface area contributed by atoms with Crippen molar-refractivity contribution in [2.45, 2.75) is 13.3 Å². The van der Waals surface area contributed by atoms with Gasteiger partial charge in [0.05, 0.1) is 5.56 Å². The summed E-state index contributed by atoms with van der Waals surface area (Å²) in [5.74, 6) is -0.780. The molecule has 0 saturated carbocycles. The first-order valence-corrected chi connectivity index (χ1v) is 8.13. The van der Waals surface area contributed by atoms with Crippen LogP contribution in [0.5, 0.6) is 0 Å². The number of fused-ring (bicyclic) bond motifs is 1. The second-order valence-corrected chi connectivity index (χ2v) is 6.33. The van der Waals surface area contributed by atoms with Crippen LogP contribution >= 0.6 is 11.3 Å². The molecule has 0 spiro atoms. The second-order valence-electron chi connectivity index (χ2n) is 5.19. The summed E-state index contributed by atoms with van der Waals surface area (Å²) in [6, 6.07) is 15.1. The Morgan fingerprint density at radius 1 is 1.09 bits per heavy atom. The molecule has 23 heavy (non-hydrogen) atoms. The molecule has 5 heteroatoms. The number of benzene rings is 2. The molecule has 3 aromatic rings. The topological polar surface area (TPSA) is 72.2 Å². The Kier molecular flexibility index (Phi) is 4.12. The lowest BCUT2D eigenvalue weighted by atomic mass is 10.1. The minimum atomic E-state index is -0.533. The van der Waals surface area contributed by atoms with Gasteiger partial charge >= 0.3 is 0 Å². The molecule has 1 aromatic heterocycles. The molecule has 0 saturated heterocycles. The molecule has 0 aliphatic carbocycles. The first kappa shape index (κ1) is 15.2. The highest BCUT2D eigenvalue weighted by molar-refractivity contribution is 7.16. The lowest BCUT2D eigenvalue weighted by Crippen LogP contribution is -2.16. The Labute approximate surface area is 137 Å². The van der Waals surface area contributed by atoms with Gasteiger partial charge in [0.15, 0.2) is 0 Å². The van der Waals surface area contributed by atoms with E-state index >= 15 is 0 Å². The van der Waals surface area contributed by atoms with Gasteiger partial charge in [-0.05, 0) is 35.4 Å². The zero-order valence-corrected chi connectivity index (χ0v) is 13.4. The van der Waals surface area contributed by atoms with Crippen molar-refractivity contribution in [2.75, 3.05) is 5.32 Å². The summed E-state index contributed by atoms with van der Waals surface area (Å²) < 4.78 is 0. The summed E-state index contributed by atoms with van der Waals surface area (Å²) in [5, 5.41) is 5.38. The third-order valence-corrected chi connectivity index (χ3v) is 4.83. The van der Waals surface area contributed by atoms with Crippen LogP contribution in [0.15, 0.2) is 48.5 Å². The molecule has 0 aliphatic rings. The minimum absolute atomic E-state index is 0.247. The van der Waals surface area contributed by atoms with E-state index in [4.69, 9.17) is 5.73 Å². The molecule has 0 radical (unpaired) electrons. The summed E-state index contributed by atoms with van der Waals surface area (Å²) in [5.41, 5.74) is 6.30. The molecule has 0 unspecified atom stereocenters. The van der Waals surface area contributed by atoms with E-state index in [-0.39, 0.29) is 5.91 Å². The minimum Gasteiger partial charge on any atom is -0.366 e. The molecular weight excluding hydrogens is 308 g/mol. The molecule has 116 valence electrons. The molecule has 1 heterocycles. The van der Waals surface area contributed by atoms with Crippen molar-refractivity contribution in [1.29, 1.82) is 0 Å².